The average Bonchev–Trinajstić information content (AvgIpc) is 2.51. The Morgan fingerprint density at radius 2 is 1.70 bits per heavy atom. The molecule has 0 spiro atoms. The molecule has 2 rings (SSSR count). The van der Waals surface area contributed by atoms with Gasteiger partial charge in [0, 0.05) is 11.2 Å². The SMILES string of the molecule is Cc1ccc(N)cc1.O=S(=O)(O)/C(=C\Cl)CCc1ccccc1. The summed E-state index contributed by atoms with van der Waals surface area (Å²) in [5.74, 6) is 0. The van der Waals surface area contributed by atoms with Crippen LogP contribution in [0.25, 0.3) is 0 Å². The lowest BCUT2D eigenvalue weighted by molar-refractivity contribution is 0.489. The molecule has 0 aliphatic heterocycles. The Morgan fingerprint density at radius 3 is 2.13 bits per heavy atom. The molecule has 0 saturated heterocycles. The molecule has 6 heteroatoms. The standard InChI is InChI=1S/C10H11ClO3S.C7H9N/c11-8-10(15(12,13)14)7-6-9-4-2-1-3-5-9;1-6-2-4-7(8)5-3-6/h1-5,8H,6-7H2,(H,12,13,14);2-5H,8H2,1H3/b10-8-;. The number of rotatable bonds is 4. The Balaban J connectivity index is 0.000000277. The van der Waals surface area contributed by atoms with Crippen LogP contribution in [0.4, 0.5) is 5.69 Å². The number of nitrogens with two attached hydrogens (primary N) is 1. The van der Waals surface area contributed by atoms with E-state index in [0.717, 1.165) is 16.8 Å². The van der Waals surface area contributed by atoms with E-state index in [1.807, 2.05) is 61.5 Å². The van der Waals surface area contributed by atoms with E-state index in [9.17, 15) is 8.42 Å². The Hall–Kier alpha value is -1.82. The lowest BCUT2D eigenvalue weighted by Gasteiger charge is -2.02. The molecule has 0 aliphatic carbocycles. The number of benzene rings is 2. The lowest BCUT2D eigenvalue weighted by atomic mass is 10.1. The predicted octanol–water partition coefficient (Wildman–Crippen LogP) is 4.16. The number of aryl methyl sites for hydroxylation is 2. The quantitative estimate of drug-likeness (QED) is 0.638. The first kappa shape index (κ1) is 19.2. The van der Waals surface area contributed by atoms with Gasteiger partial charge in [0.2, 0.25) is 0 Å². The molecular formula is C17H20ClNO3S. The van der Waals surface area contributed by atoms with Gasteiger partial charge in [0.25, 0.3) is 10.1 Å². The van der Waals surface area contributed by atoms with Gasteiger partial charge in [-0.05, 0) is 37.5 Å². The third-order valence-corrected chi connectivity index (χ3v) is 4.41. The molecule has 0 atom stereocenters. The minimum absolute atomic E-state index is 0.159. The highest BCUT2D eigenvalue weighted by molar-refractivity contribution is 7.89. The van der Waals surface area contributed by atoms with Crippen molar-refractivity contribution in [3.05, 3.63) is 76.2 Å². The van der Waals surface area contributed by atoms with E-state index in [1.54, 1.807) is 0 Å². The largest absolute Gasteiger partial charge is 0.399 e. The van der Waals surface area contributed by atoms with Gasteiger partial charge in [-0.25, -0.2) is 0 Å². The summed E-state index contributed by atoms with van der Waals surface area (Å²) in [6.45, 7) is 2.04. The van der Waals surface area contributed by atoms with Crippen LogP contribution in [0, 0.1) is 6.92 Å². The highest BCUT2D eigenvalue weighted by Gasteiger charge is 2.12. The molecule has 2 aromatic rings. The van der Waals surface area contributed by atoms with Gasteiger partial charge in [-0.15, -0.1) is 0 Å². The maximum Gasteiger partial charge on any atom is 0.291 e. The van der Waals surface area contributed by atoms with E-state index in [0.29, 0.717) is 6.42 Å². The van der Waals surface area contributed by atoms with E-state index < -0.39 is 10.1 Å². The summed E-state index contributed by atoms with van der Waals surface area (Å²) in [6.07, 6.45) is 0.728. The second kappa shape index (κ2) is 9.35. The van der Waals surface area contributed by atoms with Crippen LogP contribution < -0.4 is 5.73 Å². The van der Waals surface area contributed by atoms with Gasteiger partial charge in [0.05, 0.1) is 4.91 Å². The first-order chi connectivity index (χ1) is 10.8. The van der Waals surface area contributed by atoms with Crippen LogP contribution in [0.2, 0.25) is 0 Å². The zero-order valence-corrected chi connectivity index (χ0v) is 14.4. The monoisotopic (exact) mass is 353 g/mol. The number of allylic oxidation sites excluding steroid dienone is 1. The van der Waals surface area contributed by atoms with Crippen LogP contribution in [0.3, 0.4) is 0 Å². The molecule has 0 heterocycles. The number of halogens is 1. The van der Waals surface area contributed by atoms with E-state index in [1.165, 1.54) is 5.56 Å². The van der Waals surface area contributed by atoms with Crippen molar-refractivity contribution < 1.29 is 13.0 Å². The average molecular weight is 354 g/mol. The number of nitrogen functional groups attached to an aromatic ring is 1. The van der Waals surface area contributed by atoms with Crippen LogP contribution in [-0.4, -0.2) is 13.0 Å². The Bertz CT molecular complexity index is 705. The Morgan fingerprint density at radius 1 is 1.13 bits per heavy atom. The van der Waals surface area contributed by atoms with Crippen LogP contribution in [0.1, 0.15) is 17.5 Å². The summed E-state index contributed by atoms with van der Waals surface area (Å²) in [4.78, 5) is -0.159. The topological polar surface area (TPSA) is 80.4 Å². The minimum atomic E-state index is -4.16. The molecule has 0 unspecified atom stereocenters. The van der Waals surface area contributed by atoms with Crippen LogP contribution in [0.5, 0.6) is 0 Å². The van der Waals surface area contributed by atoms with Crippen molar-refractivity contribution >= 4 is 27.4 Å². The molecule has 124 valence electrons. The van der Waals surface area contributed by atoms with Gasteiger partial charge in [-0.2, -0.15) is 8.42 Å². The van der Waals surface area contributed by atoms with Crippen molar-refractivity contribution in [2.24, 2.45) is 0 Å². The summed E-state index contributed by atoms with van der Waals surface area (Å²) < 4.78 is 30.3. The van der Waals surface area contributed by atoms with Crippen molar-refractivity contribution in [3.8, 4) is 0 Å². The second-order valence-corrected chi connectivity index (χ2v) is 6.64. The lowest BCUT2D eigenvalue weighted by Crippen LogP contribution is -2.02. The summed E-state index contributed by atoms with van der Waals surface area (Å²) in [5, 5.41) is 0. The summed E-state index contributed by atoms with van der Waals surface area (Å²) in [7, 11) is -4.16. The fraction of sp³-hybridized carbons (Fsp3) is 0.176. The van der Waals surface area contributed by atoms with Crippen molar-refractivity contribution in [1.82, 2.24) is 0 Å². The highest BCUT2D eigenvalue weighted by atomic mass is 35.5. The molecule has 0 saturated carbocycles. The Labute approximate surface area is 142 Å². The molecule has 4 nitrogen and oxygen atoms in total. The van der Waals surface area contributed by atoms with Crippen LogP contribution in [-0.2, 0) is 16.5 Å². The summed E-state index contributed by atoms with van der Waals surface area (Å²) in [6, 6.07) is 17.2. The van der Waals surface area contributed by atoms with Crippen molar-refractivity contribution in [2.75, 3.05) is 5.73 Å². The van der Waals surface area contributed by atoms with Crippen molar-refractivity contribution in [1.29, 1.82) is 0 Å². The van der Waals surface area contributed by atoms with Gasteiger partial charge >= 0.3 is 0 Å². The summed E-state index contributed by atoms with van der Waals surface area (Å²) >= 11 is 5.32. The van der Waals surface area contributed by atoms with Gasteiger partial charge < -0.3 is 5.73 Å². The molecule has 0 fully saturated rings. The maximum absolute atomic E-state index is 10.8. The molecule has 2 aromatic carbocycles. The van der Waals surface area contributed by atoms with E-state index in [4.69, 9.17) is 21.9 Å². The van der Waals surface area contributed by atoms with E-state index >= 15 is 0 Å². The molecule has 0 bridgehead atoms. The fourth-order valence-corrected chi connectivity index (χ4v) is 2.64. The highest BCUT2D eigenvalue weighted by Crippen LogP contribution is 2.14. The van der Waals surface area contributed by atoms with Crippen LogP contribution in [0.15, 0.2) is 65.0 Å². The number of hydrogen-bond acceptors (Lipinski definition) is 3. The molecule has 23 heavy (non-hydrogen) atoms. The third-order valence-electron chi connectivity index (χ3n) is 3.03. The first-order valence-electron chi connectivity index (χ1n) is 6.95. The maximum atomic E-state index is 10.8. The normalized spacial score (nSPS) is 11.5. The molecule has 0 aliphatic rings. The third kappa shape index (κ3) is 7.83. The zero-order valence-electron chi connectivity index (χ0n) is 12.8. The van der Waals surface area contributed by atoms with Gasteiger partial charge in [-0.3, -0.25) is 4.55 Å². The zero-order chi connectivity index (χ0) is 17.3. The number of anilines is 1. The van der Waals surface area contributed by atoms with E-state index in [2.05, 4.69) is 0 Å². The van der Waals surface area contributed by atoms with E-state index in [-0.39, 0.29) is 11.3 Å². The van der Waals surface area contributed by atoms with Gasteiger partial charge in [0.1, 0.15) is 0 Å². The molecule has 3 N–H and O–H groups in total. The minimum Gasteiger partial charge on any atom is -0.399 e. The second-order valence-electron chi connectivity index (χ2n) is 4.95. The van der Waals surface area contributed by atoms with Crippen molar-refractivity contribution in [2.45, 2.75) is 19.8 Å². The molecular weight excluding hydrogens is 334 g/mol. The summed E-state index contributed by atoms with van der Waals surface area (Å²) in [5.41, 5.74) is 9.40. The van der Waals surface area contributed by atoms with Crippen molar-refractivity contribution in [3.63, 3.8) is 0 Å². The van der Waals surface area contributed by atoms with Gasteiger partial charge in [-0.1, -0.05) is 59.6 Å². The first-order valence-corrected chi connectivity index (χ1v) is 8.83. The smallest absolute Gasteiger partial charge is 0.291 e. The molecule has 0 aromatic heterocycles. The number of hydrogen-bond donors (Lipinski definition) is 2. The Kier molecular flexibility index (Phi) is 7.81. The van der Waals surface area contributed by atoms with Crippen LogP contribution >= 0.6 is 11.6 Å². The molecule has 0 radical (unpaired) electrons. The van der Waals surface area contributed by atoms with Gasteiger partial charge in [0.15, 0.2) is 0 Å². The predicted molar refractivity (Wildman–Crippen MR) is 95.8 cm³/mol. The molecule has 0 amide bonds. The fourth-order valence-electron chi connectivity index (χ4n) is 1.72.